The van der Waals surface area contributed by atoms with Crippen molar-refractivity contribution >= 4 is 5.69 Å². The SMILES string of the molecule is CC.CCc1c(F)cccc1[N+](=O)[O-]. The van der Waals surface area contributed by atoms with Gasteiger partial charge in [-0.3, -0.25) is 10.1 Å². The monoisotopic (exact) mass is 199 g/mol. The largest absolute Gasteiger partial charge is 0.275 e. The lowest BCUT2D eigenvalue weighted by Gasteiger charge is -1.99. The van der Waals surface area contributed by atoms with E-state index in [9.17, 15) is 14.5 Å². The van der Waals surface area contributed by atoms with E-state index < -0.39 is 10.7 Å². The fraction of sp³-hybridized carbons (Fsp3) is 0.400. The van der Waals surface area contributed by atoms with E-state index in [0.717, 1.165) is 0 Å². The Morgan fingerprint density at radius 2 is 2.00 bits per heavy atom. The summed E-state index contributed by atoms with van der Waals surface area (Å²) in [6.07, 6.45) is 0.336. The highest BCUT2D eigenvalue weighted by Gasteiger charge is 2.14. The number of benzene rings is 1. The highest BCUT2D eigenvalue weighted by atomic mass is 19.1. The van der Waals surface area contributed by atoms with Crippen molar-refractivity contribution < 1.29 is 9.31 Å². The summed E-state index contributed by atoms with van der Waals surface area (Å²) in [4.78, 5) is 9.80. The first-order valence-corrected chi connectivity index (χ1v) is 4.58. The molecule has 1 aromatic rings. The molecule has 0 bridgehead atoms. The van der Waals surface area contributed by atoms with Gasteiger partial charge in [-0.15, -0.1) is 0 Å². The molecule has 78 valence electrons. The summed E-state index contributed by atoms with van der Waals surface area (Å²) < 4.78 is 12.9. The second-order valence-corrected chi connectivity index (χ2v) is 2.35. The van der Waals surface area contributed by atoms with Crippen molar-refractivity contribution in [3.05, 3.63) is 39.7 Å². The summed E-state index contributed by atoms with van der Waals surface area (Å²) in [6, 6.07) is 3.88. The Labute approximate surface area is 82.7 Å². The van der Waals surface area contributed by atoms with E-state index in [1.54, 1.807) is 6.92 Å². The molecular formula is C10H14FNO2. The van der Waals surface area contributed by atoms with Gasteiger partial charge < -0.3 is 0 Å². The maximum atomic E-state index is 12.9. The maximum absolute atomic E-state index is 12.9. The molecule has 0 aliphatic rings. The van der Waals surface area contributed by atoms with Crippen molar-refractivity contribution in [1.82, 2.24) is 0 Å². The number of nitro benzene ring substituents is 1. The van der Waals surface area contributed by atoms with Gasteiger partial charge in [0.25, 0.3) is 5.69 Å². The Kier molecular flexibility index (Phi) is 5.44. The summed E-state index contributed by atoms with van der Waals surface area (Å²) in [5.74, 6) is -0.508. The van der Waals surface area contributed by atoms with Crippen molar-refractivity contribution in [2.24, 2.45) is 0 Å². The minimum absolute atomic E-state index is 0.141. The normalized spacial score (nSPS) is 8.86. The summed E-state index contributed by atoms with van der Waals surface area (Å²) in [6.45, 7) is 5.69. The Hall–Kier alpha value is -1.45. The summed E-state index contributed by atoms with van der Waals surface area (Å²) in [7, 11) is 0. The molecule has 0 spiro atoms. The number of hydrogen-bond donors (Lipinski definition) is 0. The molecule has 0 aromatic heterocycles. The van der Waals surface area contributed by atoms with Crippen LogP contribution in [0.25, 0.3) is 0 Å². The lowest BCUT2D eigenvalue weighted by Crippen LogP contribution is -1.96. The molecule has 0 N–H and O–H groups in total. The van der Waals surface area contributed by atoms with E-state index in [1.807, 2.05) is 13.8 Å². The number of nitrogens with zero attached hydrogens (tertiary/aromatic N) is 1. The molecule has 0 heterocycles. The predicted molar refractivity (Wildman–Crippen MR) is 53.8 cm³/mol. The van der Waals surface area contributed by atoms with Gasteiger partial charge in [-0.1, -0.05) is 26.8 Å². The average molecular weight is 199 g/mol. The minimum atomic E-state index is -0.568. The molecule has 4 heteroatoms. The second kappa shape index (κ2) is 6.07. The molecule has 1 rings (SSSR count). The van der Waals surface area contributed by atoms with Crippen LogP contribution in [0.2, 0.25) is 0 Å². The van der Waals surface area contributed by atoms with E-state index in [1.165, 1.54) is 18.2 Å². The third kappa shape index (κ3) is 2.80. The van der Waals surface area contributed by atoms with Crippen LogP contribution in [0.3, 0.4) is 0 Å². The van der Waals surface area contributed by atoms with Gasteiger partial charge in [-0.2, -0.15) is 0 Å². The van der Waals surface area contributed by atoms with E-state index in [4.69, 9.17) is 0 Å². The third-order valence-corrected chi connectivity index (χ3v) is 1.64. The number of rotatable bonds is 2. The van der Waals surface area contributed by atoms with Gasteiger partial charge in [-0.05, 0) is 12.5 Å². The first-order chi connectivity index (χ1) is 6.66. The Morgan fingerprint density at radius 1 is 1.43 bits per heavy atom. The van der Waals surface area contributed by atoms with Crippen LogP contribution in [0, 0.1) is 15.9 Å². The zero-order chi connectivity index (χ0) is 11.1. The van der Waals surface area contributed by atoms with Crippen molar-refractivity contribution in [2.75, 3.05) is 0 Å². The fourth-order valence-corrected chi connectivity index (χ4v) is 1.07. The first kappa shape index (κ1) is 12.6. The highest BCUT2D eigenvalue weighted by Crippen LogP contribution is 2.21. The molecule has 0 fully saturated rings. The van der Waals surface area contributed by atoms with Crippen LogP contribution in [0.1, 0.15) is 26.3 Å². The molecule has 14 heavy (non-hydrogen) atoms. The lowest BCUT2D eigenvalue weighted by molar-refractivity contribution is -0.385. The fourth-order valence-electron chi connectivity index (χ4n) is 1.07. The average Bonchev–Trinajstić information content (AvgIpc) is 2.20. The standard InChI is InChI=1S/C8H8FNO2.C2H6/c1-2-6-7(9)4-3-5-8(6)10(11)12;1-2/h3-5H,2H2,1H3;1-2H3. The zero-order valence-corrected chi connectivity index (χ0v) is 8.58. The molecule has 0 amide bonds. The van der Waals surface area contributed by atoms with Gasteiger partial charge in [-0.25, -0.2) is 4.39 Å². The Balaban J connectivity index is 0.000000791. The van der Waals surface area contributed by atoms with Gasteiger partial charge in [0.2, 0.25) is 0 Å². The van der Waals surface area contributed by atoms with Gasteiger partial charge in [0, 0.05) is 6.07 Å². The second-order valence-electron chi connectivity index (χ2n) is 2.35. The summed E-state index contributed by atoms with van der Waals surface area (Å²) in [5.41, 5.74) is 0.0278. The predicted octanol–water partition coefficient (Wildman–Crippen LogP) is 3.32. The Bertz CT molecular complexity index is 313. The van der Waals surface area contributed by atoms with E-state index in [2.05, 4.69) is 0 Å². The zero-order valence-electron chi connectivity index (χ0n) is 8.58. The van der Waals surface area contributed by atoms with Crippen LogP contribution in [0.5, 0.6) is 0 Å². The van der Waals surface area contributed by atoms with Crippen molar-refractivity contribution in [1.29, 1.82) is 0 Å². The third-order valence-electron chi connectivity index (χ3n) is 1.64. The number of hydrogen-bond acceptors (Lipinski definition) is 2. The molecule has 0 atom stereocenters. The topological polar surface area (TPSA) is 43.1 Å². The van der Waals surface area contributed by atoms with Crippen LogP contribution in [0.4, 0.5) is 10.1 Å². The van der Waals surface area contributed by atoms with E-state index in [0.29, 0.717) is 6.42 Å². The van der Waals surface area contributed by atoms with Gasteiger partial charge in [0.05, 0.1) is 10.5 Å². The summed E-state index contributed by atoms with van der Waals surface area (Å²) >= 11 is 0. The quantitative estimate of drug-likeness (QED) is 0.541. The highest BCUT2D eigenvalue weighted by molar-refractivity contribution is 5.40. The minimum Gasteiger partial charge on any atom is -0.258 e. The molecule has 0 aliphatic heterocycles. The Morgan fingerprint density at radius 3 is 2.36 bits per heavy atom. The first-order valence-electron chi connectivity index (χ1n) is 4.58. The molecule has 0 radical (unpaired) electrons. The lowest BCUT2D eigenvalue weighted by atomic mass is 10.1. The molecular weight excluding hydrogens is 185 g/mol. The van der Waals surface area contributed by atoms with E-state index in [-0.39, 0.29) is 11.3 Å². The smallest absolute Gasteiger partial charge is 0.258 e. The van der Waals surface area contributed by atoms with Gasteiger partial charge in [0.1, 0.15) is 5.82 Å². The molecule has 1 aromatic carbocycles. The summed E-state index contributed by atoms with van der Waals surface area (Å²) in [5, 5.41) is 10.4. The molecule has 3 nitrogen and oxygen atoms in total. The van der Waals surface area contributed by atoms with Crippen molar-refractivity contribution in [2.45, 2.75) is 27.2 Å². The van der Waals surface area contributed by atoms with Crippen LogP contribution < -0.4 is 0 Å². The van der Waals surface area contributed by atoms with Crippen LogP contribution in [-0.4, -0.2) is 4.92 Å². The van der Waals surface area contributed by atoms with Crippen LogP contribution in [-0.2, 0) is 6.42 Å². The molecule has 0 saturated heterocycles. The van der Waals surface area contributed by atoms with Crippen LogP contribution >= 0.6 is 0 Å². The van der Waals surface area contributed by atoms with Gasteiger partial charge >= 0.3 is 0 Å². The van der Waals surface area contributed by atoms with Gasteiger partial charge in [0.15, 0.2) is 0 Å². The maximum Gasteiger partial charge on any atom is 0.275 e. The molecule has 0 unspecified atom stereocenters. The molecule has 0 saturated carbocycles. The number of halogens is 1. The van der Waals surface area contributed by atoms with Crippen LogP contribution in [0.15, 0.2) is 18.2 Å². The van der Waals surface area contributed by atoms with Crippen molar-refractivity contribution in [3.8, 4) is 0 Å². The van der Waals surface area contributed by atoms with Crippen molar-refractivity contribution in [3.63, 3.8) is 0 Å². The van der Waals surface area contributed by atoms with E-state index >= 15 is 0 Å². The number of nitro groups is 1. The molecule has 0 aliphatic carbocycles.